The van der Waals surface area contributed by atoms with E-state index in [2.05, 4.69) is 4.98 Å². The van der Waals surface area contributed by atoms with E-state index < -0.39 is 12.1 Å². The highest BCUT2D eigenvalue weighted by molar-refractivity contribution is 7.09. The number of nitrogens with two attached hydrogens (primary N) is 1. The zero-order valence-electron chi connectivity index (χ0n) is 15.7. The number of benzene rings is 2. The van der Waals surface area contributed by atoms with Crippen molar-refractivity contribution in [2.24, 2.45) is 5.73 Å². The number of amides is 1. The largest absolute Gasteiger partial charge is 0.506 e. The molecule has 0 spiro atoms. The third kappa shape index (κ3) is 3.87. The average Bonchev–Trinajstić information content (AvgIpc) is 3.26. The van der Waals surface area contributed by atoms with Gasteiger partial charge in [0.2, 0.25) is 18.0 Å². The Balaban J connectivity index is 1.74. The number of rotatable bonds is 6. The average molecular weight is 425 g/mol. The summed E-state index contributed by atoms with van der Waals surface area (Å²) in [5, 5.41) is 20.5. The van der Waals surface area contributed by atoms with Gasteiger partial charge in [-0.2, -0.15) is 0 Å². The van der Waals surface area contributed by atoms with E-state index in [4.69, 9.17) is 10.5 Å². The Morgan fingerprint density at radius 3 is 2.63 bits per heavy atom. The highest BCUT2D eigenvalue weighted by Gasteiger charge is 2.33. The Labute approximate surface area is 175 Å². The van der Waals surface area contributed by atoms with Gasteiger partial charge in [-0.15, -0.1) is 0 Å². The van der Waals surface area contributed by atoms with Gasteiger partial charge >= 0.3 is 4.87 Å². The molecule has 0 bridgehead atoms. The lowest BCUT2D eigenvalue weighted by Gasteiger charge is -2.29. The fraction of sp³-hybridized carbons (Fsp3) is 0.143. The van der Waals surface area contributed by atoms with Crippen LogP contribution in [-0.2, 0) is 16.0 Å². The zero-order chi connectivity index (χ0) is 21.3. The summed E-state index contributed by atoms with van der Waals surface area (Å²) in [6, 6.07) is 14.4. The molecule has 30 heavy (non-hydrogen) atoms. The van der Waals surface area contributed by atoms with Crippen LogP contribution in [-0.4, -0.2) is 21.1 Å². The topological polar surface area (TPSA) is 129 Å². The smallest absolute Gasteiger partial charge is 0.307 e. The second-order valence-electron chi connectivity index (χ2n) is 6.81. The molecule has 1 aromatic heterocycles. The number of carbonyl (C=O) groups excluding carboxylic acids is 1. The quantitative estimate of drug-likeness (QED) is 0.481. The summed E-state index contributed by atoms with van der Waals surface area (Å²) in [5.74, 6) is -0.700. The van der Waals surface area contributed by atoms with Crippen molar-refractivity contribution < 1.29 is 19.7 Å². The Bertz CT molecular complexity index is 1170. The summed E-state index contributed by atoms with van der Waals surface area (Å²) < 4.78 is 5.82. The van der Waals surface area contributed by atoms with Crippen LogP contribution < -0.4 is 15.5 Å². The van der Waals surface area contributed by atoms with Crippen molar-refractivity contribution in [1.29, 1.82) is 0 Å². The van der Waals surface area contributed by atoms with E-state index in [1.54, 1.807) is 17.0 Å². The molecule has 154 valence electrons. The van der Waals surface area contributed by atoms with E-state index in [9.17, 15) is 19.8 Å². The van der Waals surface area contributed by atoms with Crippen molar-refractivity contribution in [3.63, 3.8) is 0 Å². The van der Waals surface area contributed by atoms with Crippen LogP contribution >= 0.6 is 11.3 Å². The maximum atomic E-state index is 11.6. The molecule has 1 unspecified atom stereocenters. The van der Waals surface area contributed by atoms with Gasteiger partial charge in [0.05, 0.1) is 22.7 Å². The van der Waals surface area contributed by atoms with Gasteiger partial charge in [-0.05, 0) is 17.7 Å². The van der Waals surface area contributed by atoms with Crippen molar-refractivity contribution in [3.05, 3.63) is 86.2 Å². The standard InChI is InChI=1S/C21H19N3O5S/c22-18(26)10-14-11-29-20(13-4-2-1-3-5-13)24(14)15-8-12(6-7-16(15)25)9-17-19(27)23-21(28)30-17/h1-8,11,20,25,27H,9-10H2,(H2,22,26)(H,23,28). The number of ether oxygens (including phenoxy) is 1. The van der Waals surface area contributed by atoms with Gasteiger partial charge in [0.25, 0.3) is 0 Å². The van der Waals surface area contributed by atoms with Crippen LogP contribution in [0.4, 0.5) is 5.69 Å². The van der Waals surface area contributed by atoms with Gasteiger partial charge in [0, 0.05) is 12.0 Å². The molecule has 1 aliphatic rings. The van der Waals surface area contributed by atoms with Gasteiger partial charge < -0.3 is 20.7 Å². The predicted octanol–water partition coefficient (Wildman–Crippen LogP) is 2.69. The fourth-order valence-electron chi connectivity index (χ4n) is 3.37. The lowest BCUT2D eigenvalue weighted by molar-refractivity contribution is -0.117. The van der Waals surface area contributed by atoms with E-state index >= 15 is 0 Å². The van der Waals surface area contributed by atoms with Gasteiger partial charge in [-0.25, -0.2) is 0 Å². The highest BCUT2D eigenvalue weighted by atomic mass is 32.1. The number of phenols is 1. The second-order valence-corrected chi connectivity index (χ2v) is 7.88. The summed E-state index contributed by atoms with van der Waals surface area (Å²) in [6.45, 7) is 0. The number of H-pyrrole nitrogens is 1. The molecular formula is C21H19N3O5S. The first-order valence-corrected chi connectivity index (χ1v) is 9.94. The molecule has 0 fully saturated rings. The first kappa shape index (κ1) is 19.6. The number of aromatic hydroxyl groups is 2. The first-order chi connectivity index (χ1) is 14.4. The maximum Gasteiger partial charge on any atom is 0.307 e. The molecule has 1 amide bonds. The molecule has 4 rings (SSSR count). The fourth-order valence-corrected chi connectivity index (χ4v) is 4.13. The van der Waals surface area contributed by atoms with Gasteiger partial charge in [-0.3, -0.25) is 19.5 Å². The molecule has 5 N–H and O–H groups in total. The van der Waals surface area contributed by atoms with Crippen molar-refractivity contribution >= 4 is 22.9 Å². The monoisotopic (exact) mass is 425 g/mol. The van der Waals surface area contributed by atoms with E-state index in [-0.39, 0.29) is 22.9 Å². The third-order valence-corrected chi connectivity index (χ3v) is 5.55. The third-order valence-electron chi connectivity index (χ3n) is 4.68. The Morgan fingerprint density at radius 1 is 1.20 bits per heavy atom. The zero-order valence-corrected chi connectivity index (χ0v) is 16.6. The lowest BCUT2D eigenvalue weighted by atomic mass is 10.1. The Hall–Kier alpha value is -3.72. The van der Waals surface area contributed by atoms with E-state index in [1.165, 1.54) is 12.3 Å². The number of nitrogens with one attached hydrogen (secondary N) is 1. The Kier molecular flexibility index (Phi) is 5.20. The maximum absolute atomic E-state index is 11.6. The van der Waals surface area contributed by atoms with Crippen molar-refractivity contribution in [2.45, 2.75) is 19.1 Å². The molecule has 0 saturated carbocycles. The van der Waals surface area contributed by atoms with Crippen LogP contribution in [0.3, 0.4) is 0 Å². The Morgan fingerprint density at radius 2 is 1.97 bits per heavy atom. The molecule has 9 heteroatoms. The molecule has 0 aliphatic carbocycles. The normalized spacial score (nSPS) is 15.7. The number of hydrogen-bond acceptors (Lipinski definition) is 7. The molecule has 1 atom stereocenters. The number of thiazole rings is 1. The van der Waals surface area contributed by atoms with Crippen LogP contribution in [0, 0.1) is 0 Å². The van der Waals surface area contributed by atoms with E-state index in [0.717, 1.165) is 22.5 Å². The molecular weight excluding hydrogens is 406 g/mol. The van der Waals surface area contributed by atoms with Crippen molar-refractivity contribution in [1.82, 2.24) is 4.98 Å². The highest BCUT2D eigenvalue weighted by Crippen LogP contribution is 2.42. The van der Waals surface area contributed by atoms with E-state index in [1.807, 2.05) is 30.3 Å². The number of aromatic amines is 1. The number of phenolic OH excluding ortho intramolecular Hbond substituents is 1. The number of nitrogens with zero attached hydrogens (tertiary/aromatic N) is 1. The van der Waals surface area contributed by atoms with Gasteiger partial charge in [0.1, 0.15) is 12.0 Å². The van der Waals surface area contributed by atoms with Crippen molar-refractivity contribution in [3.8, 4) is 11.6 Å². The molecule has 2 aromatic carbocycles. The summed E-state index contributed by atoms with van der Waals surface area (Å²) in [6.07, 6.45) is 1.12. The molecule has 0 saturated heterocycles. The second kappa shape index (κ2) is 7.96. The van der Waals surface area contributed by atoms with Crippen LogP contribution in [0.5, 0.6) is 11.6 Å². The predicted molar refractivity (Wildman–Crippen MR) is 112 cm³/mol. The summed E-state index contributed by atoms with van der Waals surface area (Å²) in [7, 11) is 0. The molecule has 0 radical (unpaired) electrons. The minimum absolute atomic E-state index is 0.00738. The number of aromatic nitrogens is 1. The number of carbonyl (C=O) groups is 1. The minimum atomic E-state index is -0.585. The first-order valence-electron chi connectivity index (χ1n) is 9.12. The summed E-state index contributed by atoms with van der Waals surface area (Å²) in [5.41, 5.74) is 7.93. The molecule has 8 nitrogen and oxygen atoms in total. The molecule has 2 heterocycles. The van der Waals surface area contributed by atoms with Gasteiger partial charge in [-0.1, -0.05) is 47.7 Å². The number of hydrogen-bond donors (Lipinski definition) is 4. The summed E-state index contributed by atoms with van der Waals surface area (Å²) in [4.78, 5) is 27.3. The van der Waals surface area contributed by atoms with Crippen LogP contribution in [0.15, 0.2) is 65.3 Å². The van der Waals surface area contributed by atoms with Crippen LogP contribution in [0.2, 0.25) is 0 Å². The van der Waals surface area contributed by atoms with Gasteiger partial charge in [0.15, 0.2) is 0 Å². The molecule has 1 aliphatic heterocycles. The van der Waals surface area contributed by atoms with Crippen molar-refractivity contribution in [2.75, 3.05) is 4.90 Å². The van der Waals surface area contributed by atoms with Crippen LogP contribution in [0.1, 0.15) is 28.7 Å². The van der Waals surface area contributed by atoms with E-state index in [0.29, 0.717) is 22.7 Å². The number of anilines is 1. The summed E-state index contributed by atoms with van der Waals surface area (Å²) >= 11 is 0.923. The van der Waals surface area contributed by atoms with Crippen LogP contribution in [0.25, 0.3) is 0 Å². The SMILES string of the molecule is NC(=O)CC1=COC(c2ccccc2)N1c1cc(Cc2sc(=O)[nH]c2O)ccc1O. The number of primary amides is 1. The molecule has 3 aromatic rings. The minimum Gasteiger partial charge on any atom is -0.506 e. The lowest BCUT2D eigenvalue weighted by Crippen LogP contribution is -2.27.